The smallest absolute Gasteiger partial charge is 0.343 e. The summed E-state index contributed by atoms with van der Waals surface area (Å²) in [6, 6.07) is 34.3. The molecule has 0 radical (unpaired) electrons. The zero-order chi connectivity index (χ0) is 85.5. The number of benzene rings is 5. The molecule has 0 spiro atoms. The molecule has 120 heavy (non-hydrogen) atoms. The maximum atomic E-state index is 12.7. The summed E-state index contributed by atoms with van der Waals surface area (Å²) in [5.74, 6) is -3.92. The van der Waals surface area contributed by atoms with Crippen LogP contribution in [0.25, 0.3) is 54.8 Å². The number of esters is 4. The first-order valence-electron chi connectivity index (χ1n) is 42.5. The highest BCUT2D eigenvalue weighted by molar-refractivity contribution is 5.88. The van der Waals surface area contributed by atoms with Crippen LogP contribution in [0.3, 0.4) is 0 Å². The Kier molecular flexibility index (Phi) is 32.0. The van der Waals surface area contributed by atoms with Crippen LogP contribution >= 0.6 is 0 Å². The Bertz CT molecular complexity index is 5500. The van der Waals surface area contributed by atoms with Gasteiger partial charge >= 0.3 is 58.0 Å². The first-order valence-corrected chi connectivity index (χ1v) is 42.5. The van der Waals surface area contributed by atoms with E-state index in [-0.39, 0.29) is 166 Å². The highest BCUT2D eigenvalue weighted by Gasteiger charge is 2.40. The minimum absolute atomic E-state index is 0.0595. The lowest BCUT2D eigenvalue weighted by molar-refractivity contribution is -0.145. The van der Waals surface area contributed by atoms with Gasteiger partial charge in [-0.15, -0.1) is 0 Å². The number of hydrogen-bond acceptors (Lipinski definition) is 24. The number of ether oxygens (including phenoxy) is 4. The van der Waals surface area contributed by atoms with Gasteiger partial charge in [0.1, 0.15) is 56.7 Å². The third-order valence-corrected chi connectivity index (χ3v) is 24.5. The highest BCUT2D eigenvalue weighted by atomic mass is 16.5. The molecule has 5 unspecified atom stereocenters. The second kappa shape index (κ2) is 42.9. The number of hydrogen-bond donors (Lipinski definition) is 6. The van der Waals surface area contributed by atoms with Gasteiger partial charge in [0.2, 0.25) is 0 Å². The van der Waals surface area contributed by atoms with Crippen LogP contribution in [0.4, 0.5) is 0 Å². The quantitative estimate of drug-likeness (QED) is 0.0186. The molecule has 5 aliphatic rings. The normalized spacial score (nSPS) is 16.6. The van der Waals surface area contributed by atoms with Crippen molar-refractivity contribution in [3.05, 3.63) is 201 Å². The van der Waals surface area contributed by atoms with E-state index in [9.17, 15) is 78.6 Å². The van der Waals surface area contributed by atoms with E-state index < -0.39 is 40.0 Å². The zero-order valence-corrected chi connectivity index (χ0v) is 68.7. The molecule has 640 valence electrons. The van der Waals surface area contributed by atoms with Gasteiger partial charge in [-0.3, -0.25) is 24.0 Å². The number of carbonyl (C=O) groups is 5. The van der Waals surface area contributed by atoms with Gasteiger partial charge in [-0.2, -0.15) is 0 Å². The predicted molar refractivity (Wildman–Crippen MR) is 451 cm³/mol. The van der Waals surface area contributed by atoms with Crippen LogP contribution in [0, 0.1) is 29.6 Å². The second-order valence-electron chi connectivity index (χ2n) is 32.0. The van der Waals surface area contributed by atoms with Crippen LogP contribution in [0.2, 0.25) is 0 Å². The van der Waals surface area contributed by atoms with Crippen molar-refractivity contribution in [3.8, 4) is 28.7 Å². The third kappa shape index (κ3) is 21.9. The molecule has 0 amide bonds. The fourth-order valence-corrected chi connectivity index (χ4v) is 18.8. The van der Waals surface area contributed by atoms with E-state index in [0.717, 1.165) is 135 Å². The Balaban J connectivity index is 0.000000147. The summed E-state index contributed by atoms with van der Waals surface area (Å²) in [6.45, 7) is 6.42. The van der Waals surface area contributed by atoms with Crippen LogP contribution in [0.1, 0.15) is 258 Å². The average Bonchev–Trinajstić information content (AvgIpc) is 1.34. The number of aliphatic carboxylic acids is 1. The van der Waals surface area contributed by atoms with Crippen LogP contribution < -0.4 is 28.1 Å². The van der Waals surface area contributed by atoms with E-state index in [1.54, 1.807) is 135 Å². The minimum atomic E-state index is -0.969. The van der Waals surface area contributed by atoms with Gasteiger partial charge in [-0.05, 0) is 175 Å². The van der Waals surface area contributed by atoms with Crippen molar-refractivity contribution in [2.24, 2.45) is 29.6 Å². The average molecular weight is 1650 g/mol. The first-order chi connectivity index (χ1) is 58.0. The molecule has 0 saturated heterocycles. The molecule has 25 heteroatoms. The molecule has 5 atom stereocenters. The monoisotopic (exact) mass is 1650 g/mol. The van der Waals surface area contributed by atoms with Crippen molar-refractivity contribution in [1.82, 2.24) is 0 Å². The maximum absolute atomic E-state index is 12.7. The van der Waals surface area contributed by atoms with Gasteiger partial charge in [0, 0.05) is 29.6 Å². The van der Waals surface area contributed by atoms with Crippen molar-refractivity contribution < 1.29 is 95.6 Å². The van der Waals surface area contributed by atoms with E-state index in [2.05, 4.69) is 0 Å². The van der Waals surface area contributed by atoms with Gasteiger partial charge in [0.05, 0.1) is 114 Å². The number of methoxy groups -OCH3 is 1. The fourth-order valence-electron chi connectivity index (χ4n) is 18.8. The molecule has 5 fully saturated rings. The standard InChI is InChI=1S/C21H26O5.C20H24O5.C19H22O5.C18H20O5.C17H18O5/c1-2-12-25-18(22)13-16(14-8-4-3-5-9-14)19-20(23)15-10-6-7-11-17(15)26-21(19)24;1-2-24-17(21)12-15(13-8-4-3-5-9-13)18-19(22)14-10-6-7-11-16(14)25-20(18)23;1-2-23-16(20)11-14(12-7-3-4-8-12)17-18(21)13-9-5-6-10-15(13)24-19(17)22;1-22-15(19)10-13(11-6-2-3-7-11)16-17(20)12-8-4-5-9-14(12)23-18(16)21;18-14(19)9-12(10-5-1-2-6-10)15-16(20)11-7-3-4-8-13(11)22-17(15)21/h6-7,10-11,14,16,23H,2-5,8-9,12-13H2,1H3;6-7,10-11,13,15,22H,2-5,8-9,12H2,1H3;5-6,9-10,12,14,21H,2-4,7-8,11H2,1H3;4-5,8-9,11,13,20H,2-3,6-7,10H2,1H3;3-4,7-8,10,12,20H,1-2,5-6,9H2,(H,18,19). The van der Waals surface area contributed by atoms with Gasteiger partial charge in [0.15, 0.2) is 0 Å². The Labute approximate surface area is 693 Å². The minimum Gasteiger partial charge on any atom is -0.507 e. The molecule has 0 aliphatic heterocycles. The molecule has 10 aromatic rings. The summed E-state index contributed by atoms with van der Waals surface area (Å²) in [4.78, 5) is 122. The molecule has 5 heterocycles. The Hall–Kier alpha value is -11.5. The van der Waals surface area contributed by atoms with Crippen molar-refractivity contribution >= 4 is 84.7 Å². The number of fused-ring (bicyclic) bond motifs is 5. The van der Waals surface area contributed by atoms with E-state index >= 15 is 0 Å². The molecule has 5 saturated carbocycles. The molecule has 6 N–H and O–H groups in total. The van der Waals surface area contributed by atoms with Crippen LogP contribution in [-0.2, 0) is 42.9 Å². The zero-order valence-electron chi connectivity index (χ0n) is 68.7. The highest BCUT2D eigenvalue weighted by Crippen LogP contribution is 2.49. The molecule has 15 rings (SSSR count). The topological polar surface area (TPSA) is 395 Å². The van der Waals surface area contributed by atoms with E-state index in [4.69, 9.17) is 41.0 Å². The summed E-state index contributed by atoms with van der Waals surface area (Å²) in [5, 5.41) is 65.1. The SMILES string of the molecule is CCCOC(=O)CC(c1c(O)c2ccccc2oc1=O)C1CCCCC1.CCOC(=O)CC(c1c(O)c2ccccc2oc1=O)C1CCCC1.CCOC(=O)CC(c1c(O)c2ccccc2oc1=O)C1CCCCC1.COC(=O)CC(c1c(O)c2ccccc2oc1=O)C1CCCC1.O=C(O)CC(c1c(O)c2ccccc2oc1=O)C1CCCC1. The van der Waals surface area contributed by atoms with Crippen molar-refractivity contribution in [3.63, 3.8) is 0 Å². The summed E-state index contributed by atoms with van der Waals surface area (Å²) in [7, 11) is 1.33. The lowest BCUT2D eigenvalue weighted by Crippen LogP contribution is -2.25. The molecule has 5 aromatic heterocycles. The number of carboxylic acids is 1. The van der Waals surface area contributed by atoms with Gasteiger partial charge in [0.25, 0.3) is 0 Å². The Morgan fingerprint density at radius 1 is 0.317 bits per heavy atom. The maximum Gasteiger partial charge on any atom is 0.343 e. The van der Waals surface area contributed by atoms with Crippen LogP contribution in [0.5, 0.6) is 28.7 Å². The number of aromatic hydroxyl groups is 5. The molecule has 25 nitrogen and oxygen atoms in total. The van der Waals surface area contributed by atoms with Gasteiger partial charge in [-0.1, -0.05) is 145 Å². The van der Waals surface area contributed by atoms with Gasteiger partial charge in [-0.25, -0.2) is 24.0 Å². The predicted octanol–water partition coefficient (Wildman–Crippen LogP) is 18.9. The lowest BCUT2D eigenvalue weighted by Gasteiger charge is -2.29. The lowest BCUT2D eigenvalue weighted by atomic mass is 9.75. The number of rotatable bonds is 24. The summed E-state index contributed by atoms with van der Waals surface area (Å²) < 4.78 is 47.1. The second-order valence-corrected chi connectivity index (χ2v) is 32.0. The summed E-state index contributed by atoms with van der Waals surface area (Å²) in [5.41, 5.74) is -0.159. The Morgan fingerprint density at radius 3 is 0.742 bits per heavy atom. The first kappa shape index (κ1) is 89.3. The van der Waals surface area contributed by atoms with Crippen molar-refractivity contribution in [1.29, 1.82) is 0 Å². The molecule has 5 aromatic carbocycles. The van der Waals surface area contributed by atoms with Gasteiger partial charge < -0.3 is 71.7 Å². The van der Waals surface area contributed by atoms with Crippen LogP contribution in [0.15, 0.2) is 167 Å². The van der Waals surface area contributed by atoms with E-state index in [0.29, 0.717) is 74.7 Å². The third-order valence-electron chi connectivity index (χ3n) is 24.5. The molecular formula is C95H110O25. The Morgan fingerprint density at radius 2 is 0.525 bits per heavy atom. The largest absolute Gasteiger partial charge is 0.507 e. The number of carboxylic acid groups (broad SMARTS) is 1. The molecular weight excluding hydrogens is 1540 g/mol. The van der Waals surface area contributed by atoms with Crippen molar-refractivity contribution in [2.45, 2.75) is 230 Å². The van der Waals surface area contributed by atoms with E-state index in [1.807, 2.05) is 6.92 Å². The van der Waals surface area contributed by atoms with E-state index in [1.165, 1.54) is 20.0 Å². The number of carbonyl (C=O) groups excluding carboxylic acids is 4. The number of para-hydroxylation sites is 5. The van der Waals surface area contributed by atoms with Crippen LogP contribution in [-0.4, -0.2) is 87.4 Å². The molecule has 5 aliphatic carbocycles. The van der Waals surface area contributed by atoms with Crippen molar-refractivity contribution in [2.75, 3.05) is 26.9 Å². The molecule has 0 bridgehead atoms. The summed E-state index contributed by atoms with van der Waals surface area (Å²) in [6.07, 6.45) is 23.2. The summed E-state index contributed by atoms with van der Waals surface area (Å²) >= 11 is 0. The fraction of sp³-hybridized carbons (Fsp3) is 0.474.